The van der Waals surface area contributed by atoms with Crippen LogP contribution in [0.4, 0.5) is 0 Å². The average Bonchev–Trinajstić information content (AvgIpc) is 2.23. The highest BCUT2D eigenvalue weighted by Crippen LogP contribution is 2.23. The predicted molar refractivity (Wildman–Crippen MR) is 77.8 cm³/mol. The van der Waals surface area contributed by atoms with Crippen molar-refractivity contribution < 1.29 is 9.53 Å². The summed E-state index contributed by atoms with van der Waals surface area (Å²) in [7, 11) is 0. The summed E-state index contributed by atoms with van der Waals surface area (Å²) in [6.45, 7) is 11.9. The second-order valence-electron chi connectivity index (χ2n) is 6.54. The van der Waals surface area contributed by atoms with Crippen molar-refractivity contribution in [3.8, 4) is 0 Å². The molecule has 0 aromatic rings. The zero-order chi connectivity index (χ0) is 14.0. The summed E-state index contributed by atoms with van der Waals surface area (Å²) in [4.78, 5) is 10.2. The molecule has 0 aliphatic heterocycles. The number of hydrogen-bond acceptors (Lipinski definition) is 2. The van der Waals surface area contributed by atoms with Crippen molar-refractivity contribution >= 4 is 6.29 Å². The monoisotopic (exact) mass is 256 g/mol. The second-order valence-corrected chi connectivity index (χ2v) is 6.54. The molecule has 0 rings (SSSR count). The van der Waals surface area contributed by atoms with Gasteiger partial charge in [0.2, 0.25) is 0 Å². The van der Waals surface area contributed by atoms with E-state index in [1.54, 1.807) is 0 Å². The van der Waals surface area contributed by atoms with Gasteiger partial charge in [0.15, 0.2) is 0 Å². The van der Waals surface area contributed by atoms with Gasteiger partial charge in [-0.2, -0.15) is 0 Å². The van der Waals surface area contributed by atoms with E-state index in [0.29, 0.717) is 13.0 Å². The van der Waals surface area contributed by atoms with Gasteiger partial charge in [0.1, 0.15) is 6.29 Å². The molecule has 0 aromatic carbocycles. The highest BCUT2D eigenvalue weighted by Gasteiger charge is 2.18. The smallest absolute Gasteiger partial charge is 0.120 e. The molecule has 0 saturated heterocycles. The van der Waals surface area contributed by atoms with Crippen LogP contribution in [0.3, 0.4) is 0 Å². The lowest BCUT2D eigenvalue weighted by atomic mass is 9.91. The molecular weight excluding hydrogens is 224 g/mol. The highest BCUT2D eigenvalue weighted by atomic mass is 16.5. The highest BCUT2D eigenvalue weighted by molar-refractivity contribution is 5.48. The van der Waals surface area contributed by atoms with E-state index in [0.717, 1.165) is 31.0 Å². The Morgan fingerprint density at radius 2 is 1.83 bits per heavy atom. The third-order valence-electron chi connectivity index (χ3n) is 3.31. The lowest BCUT2D eigenvalue weighted by Gasteiger charge is -2.26. The molecule has 18 heavy (non-hydrogen) atoms. The third kappa shape index (κ3) is 10.8. The summed E-state index contributed by atoms with van der Waals surface area (Å²) in [5, 5.41) is 0. The van der Waals surface area contributed by atoms with Gasteiger partial charge in [-0.15, -0.1) is 0 Å². The van der Waals surface area contributed by atoms with Crippen molar-refractivity contribution in [2.75, 3.05) is 6.61 Å². The van der Waals surface area contributed by atoms with Crippen LogP contribution in [0.1, 0.15) is 73.1 Å². The van der Waals surface area contributed by atoms with Crippen LogP contribution in [0.25, 0.3) is 0 Å². The van der Waals surface area contributed by atoms with E-state index in [2.05, 4.69) is 34.6 Å². The summed E-state index contributed by atoms with van der Waals surface area (Å²) in [5.74, 6) is 1.61. The van der Waals surface area contributed by atoms with Crippen molar-refractivity contribution in [1.29, 1.82) is 0 Å². The number of hydrogen-bond donors (Lipinski definition) is 0. The molecule has 0 aliphatic rings. The Hall–Kier alpha value is -0.370. The average molecular weight is 256 g/mol. The van der Waals surface area contributed by atoms with Gasteiger partial charge in [0.25, 0.3) is 0 Å². The number of carbonyl (C=O) groups excluding carboxylic acids is 1. The Kier molecular flexibility index (Phi) is 9.35. The molecule has 0 heterocycles. The standard InChI is InChI=1S/C16H32O2/c1-14(2)13-15(3)9-8-10-16(4,5)18-12-7-6-11-17/h11,14-15H,6-10,12-13H2,1-5H3. The van der Waals surface area contributed by atoms with E-state index < -0.39 is 0 Å². The Bertz CT molecular complexity index is 209. The molecule has 0 N–H and O–H groups in total. The van der Waals surface area contributed by atoms with E-state index in [9.17, 15) is 4.79 Å². The van der Waals surface area contributed by atoms with Crippen LogP contribution < -0.4 is 0 Å². The van der Waals surface area contributed by atoms with Crippen LogP contribution in [-0.2, 0) is 9.53 Å². The SMILES string of the molecule is CC(C)CC(C)CCCC(C)(C)OCCCC=O. The third-order valence-corrected chi connectivity index (χ3v) is 3.31. The Morgan fingerprint density at radius 1 is 1.17 bits per heavy atom. The lowest BCUT2D eigenvalue weighted by Crippen LogP contribution is -2.25. The molecule has 0 fully saturated rings. The van der Waals surface area contributed by atoms with Crippen molar-refractivity contribution in [3.63, 3.8) is 0 Å². The summed E-state index contributed by atoms with van der Waals surface area (Å²) in [6.07, 6.45) is 7.37. The molecule has 1 unspecified atom stereocenters. The van der Waals surface area contributed by atoms with Crippen molar-refractivity contribution in [3.05, 3.63) is 0 Å². The number of rotatable bonds is 11. The van der Waals surface area contributed by atoms with E-state index in [-0.39, 0.29) is 5.60 Å². The Labute approximate surface area is 113 Å². The van der Waals surface area contributed by atoms with E-state index in [1.165, 1.54) is 19.3 Å². The molecule has 1 atom stereocenters. The molecule has 2 nitrogen and oxygen atoms in total. The molecule has 2 heteroatoms. The fourth-order valence-electron chi connectivity index (χ4n) is 2.39. The minimum Gasteiger partial charge on any atom is -0.376 e. The molecule has 0 radical (unpaired) electrons. The first-order valence-electron chi connectivity index (χ1n) is 7.45. The molecular formula is C16H32O2. The normalized spacial score (nSPS) is 13.9. The van der Waals surface area contributed by atoms with E-state index in [4.69, 9.17) is 4.74 Å². The van der Waals surface area contributed by atoms with Crippen LogP contribution in [0.15, 0.2) is 0 Å². The maximum absolute atomic E-state index is 10.2. The summed E-state index contributed by atoms with van der Waals surface area (Å²) < 4.78 is 5.84. The number of aldehydes is 1. The van der Waals surface area contributed by atoms with Gasteiger partial charge >= 0.3 is 0 Å². The van der Waals surface area contributed by atoms with Crippen molar-refractivity contribution in [2.45, 2.75) is 78.7 Å². The zero-order valence-corrected chi connectivity index (χ0v) is 13.0. The zero-order valence-electron chi connectivity index (χ0n) is 13.0. The van der Waals surface area contributed by atoms with Gasteiger partial charge < -0.3 is 9.53 Å². The molecule has 0 saturated carbocycles. The summed E-state index contributed by atoms with van der Waals surface area (Å²) in [6, 6.07) is 0. The van der Waals surface area contributed by atoms with Gasteiger partial charge in [-0.05, 0) is 44.9 Å². The Balaban J connectivity index is 3.65. The second kappa shape index (κ2) is 9.55. The first-order chi connectivity index (χ1) is 8.37. The van der Waals surface area contributed by atoms with Crippen LogP contribution in [-0.4, -0.2) is 18.5 Å². The molecule has 0 spiro atoms. The number of carbonyl (C=O) groups is 1. The Morgan fingerprint density at radius 3 is 2.39 bits per heavy atom. The number of unbranched alkanes of at least 4 members (excludes halogenated alkanes) is 1. The van der Waals surface area contributed by atoms with Gasteiger partial charge in [-0.3, -0.25) is 0 Å². The summed E-state index contributed by atoms with van der Waals surface area (Å²) in [5.41, 5.74) is -0.0412. The maximum Gasteiger partial charge on any atom is 0.120 e. The fraction of sp³-hybridized carbons (Fsp3) is 0.938. The largest absolute Gasteiger partial charge is 0.376 e. The molecule has 0 aliphatic carbocycles. The van der Waals surface area contributed by atoms with Crippen molar-refractivity contribution in [1.82, 2.24) is 0 Å². The summed E-state index contributed by atoms with van der Waals surface area (Å²) >= 11 is 0. The van der Waals surface area contributed by atoms with Crippen LogP contribution in [0.2, 0.25) is 0 Å². The first-order valence-corrected chi connectivity index (χ1v) is 7.45. The quantitative estimate of drug-likeness (QED) is 0.398. The molecule has 0 bridgehead atoms. The van der Waals surface area contributed by atoms with Crippen molar-refractivity contribution in [2.24, 2.45) is 11.8 Å². The minimum absolute atomic E-state index is 0.0412. The van der Waals surface area contributed by atoms with Crippen LogP contribution in [0.5, 0.6) is 0 Å². The molecule has 0 amide bonds. The predicted octanol–water partition coefficient (Wildman–Crippen LogP) is 4.61. The number of ether oxygens (including phenoxy) is 1. The topological polar surface area (TPSA) is 26.3 Å². The van der Waals surface area contributed by atoms with Gasteiger partial charge in [-0.25, -0.2) is 0 Å². The van der Waals surface area contributed by atoms with E-state index in [1.807, 2.05) is 0 Å². The van der Waals surface area contributed by atoms with E-state index >= 15 is 0 Å². The van der Waals surface area contributed by atoms with Gasteiger partial charge in [0, 0.05) is 13.0 Å². The minimum atomic E-state index is -0.0412. The first kappa shape index (κ1) is 17.6. The van der Waals surface area contributed by atoms with Crippen LogP contribution >= 0.6 is 0 Å². The van der Waals surface area contributed by atoms with Gasteiger partial charge in [0.05, 0.1) is 5.60 Å². The molecule has 108 valence electrons. The molecule has 0 aromatic heterocycles. The maximum atomic E-state index is 10.2. The van der Waals surface area contributed by atoms with Gasteiger partial charge in [-0.1, -0.05) is 33.6 Å². The fourth-order valence-corrected chi connectivity index (χ4v) is 2.39. The lowest BCUT2D eigenvalue weighted by molar-refractivity contribution is -0.108. The van der Waals surface area contributed by atoms with Crippen LogP contribution in [0, 0.1) is 11.8 Å².